The summed E-state index contributed by atoms with van der Waals surface area (Å²) in [4.78, 5) is 16.9. The van der Waals surface area contributed by atoms with Crippen molar-refractivity contribution in [2.45, 2.75) is 26.6 Å². The van der Waals surface area contributed by atoms with Gasteiger partial charge in [-0.1, -0.05) is 18.2 Å². The number of piperazine rings is 1. The maximum absolute atomic E-state index is 12.5. The summed E-state index contributed by atoms with van der Waals surface area (Å²) >= 11 is 0. The van der Waals surface area contributed by atoms with E-state index < -0.39 is 6.10 Å². The zero-order valence-electron chi connectivity index (χ0n) is 20.7. The topological polar surface area (TPSA) is 83.5 Å². The second-order valence-corrected chi connectivity index (χ2v) is 8.74. The van der Waals surface area contributed by atoms with E-state index in [9.17, 15) is 9.90 Å². The van der Waals surface area contributed by atoms with E-state index in [0.29, 0.717) is 25.4 Å². The minimum atomic E-state index is -0.580. The molecule has 2 aromatic rings. The first kappa shape index (κ1) is 26.0. The van der Waals surface area contributed by atoms with Gasteiger partial charge in [-0.05, 0) is 37.1 Å². The number of β-amino-alcohol motifs (C(OH)–C–C–N with tert-alkyl or cyclic N) is 1. The number of para-hydroxylation sites is 1. The highest BCUT2D eigenvalue weighted by atomic mass is 16.5. The third-order valence-corrected chi connectivity index (χ3v) is 6.11. The van der Waals surface area contributed by atoms with Crippen molar-refractivity contribution in [3.05, 3.63) is 53.1 Å². The SMILES string of the molecule is COc1ccc(COCC(O)CN2CCN(CC(=O)Nc3c(C)cccc3C)CC2)c(OC)c1. The van der Waals surface area contributed by atoms with Gasteiger partial charge in [0, 0.05) is 50.0 Å². The molecule has 8 heteroatoms. The van der Waals surface area contributed by atoms with Crippen LogP contribution < -0.4 is 14.8 Å². The van der Waals surface area contributed by atoms with Crippen molar-refractivity contribution in [2.24, 2.45) is 0 Å². The Labute approximate surface area is 202 Å². The normalized spacial score (nSPS) is 15.7. The summed E-state index contributed by atoms with van der Waals surface area (Å²) in [7, 11) is 3.22. The molecule has 2 aromatic carbocycles. The van der Waals surface area contributed by atoms with E-state index in [4.69, 9.17) is 14.2 Å². The number of rotatable bonds is 11. The fraction of sp³-hybridized carbons (Fsp3) is 0.500. The standard InChI is InChI=1S/C26H37N3O5/c1-19-6-5-7-20(2)26(19)27-25(31)16-29-12-10-28(11-13-29)15-22(30)18-34-17-21-8-9-23(32-3)14-24(21)33-4/h5-9,14,22,30H,10-13,15-18H2,1-4H3,(H,27,31). The van der Waals surface area contributed by atoms with Gasteiger partial charge >= 0.3 is 0 Å². The molecule has 0 spiro atoms. The molecule has 1 heterocycles. The maximum atomic E-state index is 12.5. The van der Waals surface area contributed by atoms with Gasteiger partial charge in [-0.15, -0.1) is 0 Å². The van der Waals surface area contributed by atoms with Gasteiger partial charge in [-0.3, -0.25) is 14.6 Å². The molecule has 1 aliphatic rings. The molecular formula is C26H37N3O5. The molecule has 1 saturated heterocycles. The third kappa shape index (κ3) is 7.43. The lowest BCUT2D eigenvalue weighted by Gasteiger charge is -2.35. The van der Waals surface area contributed by atoms with Crippen LogP contribution in [0.2, 0.25) is 0 Å². The predicted octanol–water partition coefficient (Wildman–Crippen LogP) is 2.45. The highest BCUT2D eigenvalue weighted by Crippen LogP contribution is 2.25. The first-order chi connectivity index (χ1) is 16.4. The summed E-state index contributed by atoms with van der Waals surface area (Å²) in [6.45, 7) is 8.71. The first-order valence-corrected chi connectivity index (χ1v) is 11.7. The van der Waals surface area contributed by atoms with Crippen LogP contribution in [0.4, 0.5) is 5.69 Å². The number of aliphatic hydroxyl groups excluding tert-OH is 1. The lowest BCUT2D eigenvalue weighted by Crippen LogP contribution is -2.50. The Hall–Kier alpha value is -2.65. The van der Waals surface area contributed by atoms with E-state index in [-0.39, 0.29) is 12.5 Å². The highest BCUT2D eigenvalue weighted by Gasteiger charge is 2.21. The van der Waals surface area contributed by atoms with Gasteiger partial charge in [0.2, 0.25) is 5.91 Å². The average Bonchev–Trinajstić information content (AvgIpc) is 2.83. The van der Waals surface area contributed by atoms with Crippen LogP contribution >= 0.6 is 0 Å². The van der Waals surface area contributed by atoms with E-state index in [1.807, 2.05) is 50.2 Å². The monoisotopic (exact) mass is 471 g/mol. The molecule has 3 rings (SSSR count). The van der Waals surface area contributed by atoms with E-state index in [1.54, 1.807) is 14.2 Å². The second-order valence-electron chi connectivity index (χ2n) is 8.74. The van der Waals surface area contributed by atoms with Crippen molar-refractivity contribution in [2.75, 3.05) is 65.4 Å². The second kappa shape index (κ2) is 12.7. The summed E-state index contributed by atoms with van der Waals surface area (Å²) in [6, 6.07) is 11.6. The van der Waals surface area contributed by atoms with Crippen molar-refractivity contribution in [1.82, 2.24) is 9.80 Å². The number of aryl methyl sites for hydroxylation is 2. The van der Waals surface area contributed by atoms with E-state index in [0.717, 1.165) is 54.3 Å². The molecule has 8 nitrogen and oxygen atoms in total. The van der Waals surface area contributed by atoms with E-state index in [1.165, 1.54) is 0 Å². The number of ether oxygens (including phenoxy) is 3. The molecule has 0 bridgehead atoms. The zero-order valence-corrected chi connectivity index (χ0v) is 20.7. The number of aliphatic hydroxyl groups is 1. The van der Waals surface area contributed by atoms with Crippen molar-refractivity contribution in [3.63, 3.8) is 0 Å². The maximum Gasteiger partial charge on any atom is 0.238 e. The van der Waals surface area contributed by atoms with Crippen LogP contribution in [0.15, 0.2) is 36.4 Å². The minimum Gasteiger partial charge on any atom is -0.497 e. The predicted molar refractivity (Wildman–Crippen MR) is 133 cm³/mol. The molecule has 0 aromatic heterocycles. The smallest absolute Gasteiger partial charge is 0.238 e. The van der Waals surface area contributed by atoms with Crippen LogP contribution in [0.1, 0.15) is 16.7 Å². The number of hydrogen-bond donors (Lipinski definition) is 2. The number of hydrogen-bond acceptors (Lipinski definition) is 7. The Balaban J connectivity index is 1.36. The Morgan fingerprint density at radius 2 is 1.71 bits per heavy atom. The molecule has 1 unspecified atom stereocenters. The fourth-order valence-corrected chi connectivity index (χ4v) is 4.15. The van der Waals surface area contributed by atoms with Gasteiger partial charge in [-0.2, -0.15) is 0 Å². The Bertz CT molecular complexity index is 924. The summed E-state index contributed by atoms with van der Waals surface area (Å²) < 4.78 is 16.3. The van der Waals surface area contributed by atoms with Gasteiger partial charge in [0.25, 0.3) is 0 Å². The average molecular weight is 472 g/mol. The summed E-state index contributed by atoms with van der Waals surface area (Å²) in [6.07, 6.45) is -0.580. The number of carbonyl (C=O) groups is 1. The summed E-state index contributed by atoms with van der Waals surface area (Å²) in [5.41, 5.74) is 3.95. The molecule has 1 atom stereocenters. The molecule has 34 heavy (non-hydrogen) atoms. The largest absolute Gasteiger partial charge is 0.497 e. The van der Waals surface area contributed by atoms with Crippen LogP contribution in [0.5, 0.6) is 11.5 Å². The Morgan fingerprint density at radius 1 is 1.03 bits per heavy atom. The summed E-state index contributed by atoms with van der Waals surface area (Å²) in [5, 5.41) is 13.5. The van der Waals surface area contributed by atoms with Gasteiger partial charge in [0.05, 0.1) is 40.1 Å². The zero-order chi connectivity index (χ0) is 24.5. The third-order valence-electron chi connectivity index (χ3n) is 6.11. The number of benzene rings is 2. The van der Waals surface area contributed by atoms with Crippen LogP contribution in [0.25, 0.3) is 0 Å². The first-order valence-electron chi connectivity index (χ1n) is 11.7. The quantitative estimate of drug-likeness (QED) is 0.521. The minimum absolute atomic E-state index is 0.00763. The van der Waals surface area contributed by atoms with Crippen molar-refractivity contribution in [1.29, 1.82) is 0 Å². The molecular weight excluding hydrogens is 434 g/mol. The van der Waals surface area contributed by atoms with Crippen molar-refractivity contribution >= 4 is 11.6 Å². The van der Waals surface area contributed by atoms with E-state index in [2.05, 4.69) is 15.1 Å². The van der Waals surface area contributed by atoms with Crippen LogP contribution in [-0.4, -0.2) is 87.0 Å². The molecule has 2 N–H and O–H groups in total. The molecule has 1 fully saturated rings. The number of carbonyl (C=O) groups excluding carboxylic acids is 1. The molecule has 186 valence electrons. The van der Waals surface area contributed by atoms with Gasteiger partial charge in [0.1, 0.15) is 11.5 Å². The Morgan fingerprint density at radius 3 is 2.35 bits per heavy atom. The summed E-state index contributed by atoms with van der Waals surface area (Å²) in [5.74, 6) is 1.43. The van der Waals surface area contributed by atoms with Crippen LogP contribution in [0.3, 0.4) is 0 Å². The molecule has 1 aliphatic heterocycles. The lowest BCUT2D eigenvalue weighted by atomic mass is 10.1. The van der Waals surface area contributed by atoms with Crippen LogP contribution in [0, 0.1) is 13.8 Å². The van der Waals surface area contributed by atoms with Crippen molar-refractivity contribution < 1.29 is 24.1 Å². The van der Waals surface area contributed by atoms with Gasteiger partial charge in [-0.25, -0.2) is 0 Å². The highest BCUT2D eigenvalue weighted by molar-refractivity contribution is 5.93. The number of nitrogens with one attached hydrogen (secondary N) is 1. The molecule has 0 aliphatic carbocycles. The lowest BCUT2D eigenvalue weighted by molar-refractivity contribution is -0.117. The number of anilines is 1. The number of amides is 1. The van der Waals surface area contributed by atoms with E-state index >= 15 is 0 Å². The fourth-order valence-electron chi connectivity index (χ4n) is 4.15. The number of methoxy groups -OCH3 is 2. The molecule has 1 amide bonds. The molecule has 0 saturated carbocycles. The van der Waals surface area contributed by atoms with Crippen LogP contribution in [-0.2, 0) is 16.1 Å². The van der Waals surface area contributed by atoms with Gasteiger partial charge in [0.15, 0.2) is 0 Å². The Kier molecular flexibility index (Phi) is 9.71. The molecule has 0 radical (unpaired) electrons. The van der Waals surface area contributed by atoms with Gasteiger partial charge < -0.3 is 24.6 Å². The number of nitrogens with zero attached hydrogens (tertiary/aromatic N) is 2. The van der Waals surface area contributed by atoms with Crippen molar-refractivity contribution in [3.8, 4) is 11.5 Å².